The van der Waals surface area contributed by atoms with Gasteiger partial charge in [-0.05, 0) is 18.4 Å². The van der Waals surface area contributed by atoms with Crippen LogP contribution in [0.15, 0.2) is 29.2 Å². The fraction of sp³-hybridized carbons (Fsp3) is 0.500. The minimum Gasteiger partial charge on any atom is -0.382 e. The van der Waals surface area contributed by atoms with Crippen molar-refractivity contribution in [2.75, 3.05) is 45.0 Å². The van der Waals surface area contributed by atoms with Gasteiger partial charge in [-0.3, -0.25) is 0 Å². The molecule has 1 N–H and O–H groups in total. The van der Waals surface area contributed by atoms with Gasteiger partial charge in [-0.1, -0.05) is 12.1 Å². The van der Waals surface area contributed by atoms with Crippen molar-refractivity contribution in [1.82, 2.24) is 0 Å². The average molecular weight is 241 g/mol. The number of ether oxygens (including phenoxy) is 2. The molecule has 0 spiro atoms. The maximum absolute atomic E-state index is 5.37. The molecule has 1 aromatic carbocycles. The van der Waals surface area contributed by atoms with E-state index in [4.69, 9.17) is 9.47 Å². The number of rotatable bonds is 8. The fourth-order valence-corrected chi connectivity index (χ4v) is 1.87. The summed E-state index contributed by atoms with van der Waals surface area (Å²) in [4.78, 5) is 1.26. The van der Waals surface area contributed by atoms with Gasteiger partial charge in [0.15, 0.2) is 0 Å². The second-order valence-electron chi connectivity index (χ2n) is 3.23. The molecule has 3 nitrogen and oxygen atoms in total. The van der Waals surface area contributed by atoms with E-state index in [1.807, 2.05) is 12.1 Å². The molecule has 0 radical (unpaired) electrons. The van der Waals surface area contributed by atoms with Gasteiger partial charge >= 0.3 is 0 Å². The predicted octanol–water partition coefficient (Wildman–Crippen LogP) is 2.48. The summed E-state index contributed by atoms with van der Waals surface area (Å²) in [6.45, 7) is 2.83. The van der Waals surface area contributed by atoms with Gasteiger partial charge in [0.25, 0.3) is 0 Å². The smallest absolute Gasteiger partial charge is 0.0701 e. The Morgan fingerprint density at radius 2 is 2.00 bits per heavy atom. The number of benzene rings is 1. The molecule has 0 fully saturated rings. The summed E-state index contributed by atoms with van der Waals surface area (Å²) in [7, 11) is 1.68. The lowest BCUT2D eigenvalue weighted by Gasteiger charge is -2.10. The molecule has 0 atom stereocenters. The van der Waals surface area contributed by atoms with Crippen molar-refractivity contribution >= 4 is 17.4 Å². The monoisotopic (exact) mass is 241 g/mol. The highest BCUT2D eigenvalue weighted by atomic mass is 32.2. The molecule has 0 heterocycles. The van der Waals surface area contributed by atoms with E-state index in [0.717, 1.165) is 6.54 Å². The summed E-state index contributed by atoms with van der Waals surface area (Å²) in [5.74, 6) is 0. The van der Waals surface area contributed by atoms with Gasteiger partial charge in [0, 0.05) is 24.2 Å². The van der Waals surface area contributed by atoms with Crippen molar-refractivity contribution in [3.63, 3.8) is 0 Å². The summed E-state index contributed by atoms with van der Waals surface area (Å²) < 4.78 is 10.3. The predicted molar refractivity (Wildman–Crippen MR) is 69.4 cm³/mol. The fourth-order valence-electron chi connectivity index (χ4n) is 1.29. The zero-order valence-corrected chi connectivity index (χ0v) is 10.7. The molecule has 90 valence electrons. The third-order valence-corrected chi connectivity index (χ3v) is 2.90. The van der Waals surface area contributed by atoms with Gasteiger partial charge in [-0.2, -0.15) is 0 Å². The Morgan fingerprint density at radius 1 is 1.19 bits per heavy atom. The summed E-state index contributed by atoms with van der Waals surface area (Å²) >= 11 is 1.74. The summed E-state index contributed by atoms with van der Waals surface area (Å²) in [5, 5.41) is 3.35. The van der Waals surface area contributed by atoms with Crippen LogP contribution in [0.2, 0.25) is 0 Å². The third kappa shape index (κ3) is 4.88. The largest absolute Gasteiger partial charge is 0.382 e. The van der Waals surface area contributed by atoms with Crippen LogP contribution >= 0.6 is 11.8 Å². The number of nitrogens with one attached hydrogen (secondary N) is 1. The summed E-state index contributed by atoms with van der Waals surface area (Å²) in [6.07, 6.45) is 2.08. The lowest BCUT2D eigenvalue weighted by Crippen LogP contribution is -2.12. The van der Waals surface area contributed by atoms with Crippen LogP contribution in [0.5, 0.6) is 0 Å². The molecule has 0 amide bonds. The zero-order valence-electron chi connectivity index (χ0n) is 9.86. The summed E-state index contributed by atoms with van der Waals surface area (Å²) in [5.41, 5.74) is 1.17. The van der Waals surface area contributed by atoms with E-state index >= 15 is 0 Å². The quantitative estimate of drug-likeness (QED) is 0.559. The molecule has 4 heteroatoms. The zero-order chi connectivity index (χ0) is 11.6. The molecule has 0 unspecified atom stereocenters. The number of anilines is 1. The Morgan fingerprint density at radius 3 is 2.75 bits per heavy atom. The first kappa shape index (κ1) is 13.4. The lowest BCUT2D eigenvalue weighted by molar-refractivity contribution is 0.0759. The SMILES string of the molecule is COCCOCCNc1ccccc1SC. The first-order valence-corrected chi connectivity index (χ1v) is 6.54. The average Bonchev–Trinajstić information content (AvgIpc) is 2.34. The maximum Gasteiger partial charge on any atom is 0.0701 e. The Bertz CT molecular complexity index is 294. The highest BCUT2D eigenvalue weighted by molar-refractivity contribution is 7.98. The molecular weight excluding hydrogens is 222 g/mol. The molecule has 0 saturated heterocycles. The minimum atomic E-state index is 0.654. The van der Waals surface area contributed by atoms with Gasteiger partial charge < -0.3 is 14.8 Å². The first-order valence-electron chi connectivity index (χ1n) is 5.32. The molecule has 1 aromatic rings. The molecule has 0 saturated carbocycles. The Balaban J connectivity index is 2.21. The highest BCUT2D eigenvalue weighted by Gasteiger charge is 1.98. The topological polar surface area (TPSA) is 30.5 Å². The van der Waals surface area contributed by atoms with Crippen LogP contribution in [-0.2, 0) is 9.47 Å². The van der Waals surface area contributed by atoms with E-state index in [-0.39, 0.29) is 0 Å². The second-order valence-corrected chi connectivity index (χ2v) is 4.08. The third-order valence-electron chi connectivity index (χ3n) is 2.10. The van der Waals surface area contributed by atoms with Gasteiger partial charge in [0.05, 0.1) is 19.8 Å². The van der Waals surface area contributed by atoms with Gasteiger partial charge in [-0.25, -0.2) is 0 Å². The van der Waals surface area contributed by atoms with Crippen LogP contribution < -0.4 is 5.32 Å². The van der Waals surface area contributed by atoms with Crippen LogP contribution in [0.1, 0.15) is 0 Å². The molecule has 0 aliphatic carbocycles. The lowest BCUT2D eigenvalue weighted by atomic mass is 10.3. The number of hydrogen-bond acceptors (Lipinski definition) is 4. The van der Waals surface area contributed by atoms with Crippen LogP contribution in [0, 0.1) is 0 Å². The Labute approximate surface area is 102 Å². The number of methoxy groups -OCH3 is 1. The van der Waals surface area contributed by atoms with Gasteiger partial charge in [0.1, 0.15) is 0 Å². The van der Waals surface area contributed by atoms with E-state index in [9.17, 15) is 0 Å². The van der Waals surface area contributed by atoms with Gasteiger partial charge in [0.2, 0.25) is 0 Å². The minimum absolute atomic E-state index is 0.654. The maximum atomic E-state index is 5.37. The number of thioether (sulfide) groups is 1. The van der Waals surface area contributed by atoms with Crippen LogP contribution in [-0.4, -0.2) is 39.7 Å². The first-order chi connectivity index (χ1) is 7.88. The van der Waals surface area contributed by atoms with Crippen LogP contribution in [0.25, 0.3) is 0 Å². The molecule has 1 rings (SSSR count). The van der Waals surface area contributed by atoms with Gasteiger partial charge in [-0.15, -0.1) is 11.8 Å². The van der Waals surface area contributed by atoms with Crippen molar-refractivity contribution in [2.24, 2.45) is 0 Å². The molecule has 0 bridgehead atoms. The molecule has 0 aromatic heterocycles. The van der Waals surface area contributed by atoms with E-state index in [1.54, 1.807) is 18.9 Å². The Hall–Kier alpha value is -0.710. The summed E-state index contributed by atoms with van der Waals surface area (Å²) in [6, 6.07) is 8.28. The standard InChI is InChI=1S/C12H19NO2S/c1-14-9-10-15-8-7-13-11-5-3-4-6-12(11)16-2/h3-6,13H,7-10H2,1-2H3. The van der Waals surface area contributed by atoms with Crippen molar-refractivity contribution in [3.8, 4) is 0 Å². The van der Waals surface area contributed by atoms with E-state index in [2.05, 4.69) is 23.7 Å². The molecule has 0 aliphatic rings. The molecule has 0 aliphatic heterocycles. The van der Waals surface area contributed by atoms with Crippen molar-refractivity contribution in [2.45, 2.75) is 4.90 Å². The highest BCUT2D eigenvalue weighted by Crippen LogP contribution is 2.24. The van der Waals surface area contributed by atoms with Crippen LogP contribution in [0.4, 0.5) is 5.69 Å². The number of hydrogen-bond donors (Lipinski definition) is 1. The van der Waals surface area contributed by atoms with E-state index in [1.165, 1.54) is 10.6 Å². The second kappa shape index (κ2) is 8.44. The number of para-hydroxylation sites is 1. The van der Waals surface area contributed by atoms with Crippen molar-refractivity contribution in [1.29, 1.82) is 0 Å². The normalized spacial score (nSPS) is 10.4. The van der Waals surface area contributed by atoms with E-state index < -0.39 is 0 Å². The van der Waals surface area contributed by atoms with Crippen molar-refractivity contribution < 1.29 is 9.47 Å². The Kier molecular flexibility index (Phi) is 7.05. The molecule has 16 heavy (non-hydrogen) atoms. The van der Waals surface area contributed by atoms with Crippen LogP contribution in [0.3, 0.4) is 0 Å². The molecular formula is C12H19NO2S. The van der Waals surface area contributed by atoms with E-state index in [0.29, 0.717) is 19.8 Å². The van der Waals surface area contributed by atoms with Crippen molar-refractivity contribution in [3.05, 3.63) is 24.3 Å².